The Balaban J connectivity index is 2.24. The lowest BCUT2D eigenvalue weighted by atomic mass is 10.1. The van der Waals surface area contributed by atoms with Gasteiger partial charge in [0.2, 0.25) is 0 Å². The summed E-state index contributed by atoms with van der Waals surface area (Å²) in [5, 5.41) is 17.9. The Morgan fingerprint density at radius 2 is 1.64 bits per heavy atom. The average Bonchev–Trinajstić information content (AvgIpc) is 2.45. The van der Waals surface area contributed by atoms with E-state index in [0.29, 0.717) is 0 Å². The van der Waals surface area contributed by atoms with Gasteiger partial charge >= 0.3 is 0 Å². The lowest BCUT2D eigenvalue weighted by Crippen LogP contribution is -2.32. The van der Waals surface area contributed by atoms with Crippen LogP contribution in [0.25, 0.3) is 0 Å². The summed E-state index contributed by atoms with van der Waals surface area (Å²) in [4.78, 5) is 2.43. The van der Waals surface area contributed by atoms with Crippen LogP contribution < -0.4 is 0 Å². The minimum absolute atomic E-state index is 0.194. The molecule has 1 heterocycles. The summed E-state index contributed by atoms with van der Waals surface area (Å²) >= 11 is 0. The van der Waals surface area contributed by atoms with Crippen LogP contribution in [0.15, 0.2) is 0 Å². The van der Waals surface area contributed by atoms with Crippen molar-refractivity contribution in [2.24, 2.45) is 5.92 Å². The Morgan fingerprint density at radius 3 is 2.14 bits per heavy atom. The second kappa shape index (κ2) is 7.21. The third-order valence-electron chi connectivity index (χ3n) is 3.01. The highest BCUT2D eigenvalue weighted by molar-refractivity contribution is 4.68. The summed E-state index contributed by atoms with van der Waals surface area (Å²) in [6.45, 7) is 3.69. The van der Waals surface area contributed by atoms with Crippen molar-refractivity contribution in [2.75, 3.05) is 32.8 Å². The number of rotatable bonds is 5. The Morgan fingerprint density at radius 1 is 1.00 bits per heavy atom. The zero-order valence-corrected chi connectivity index (χ0v) is 8.99. The summed E-state index contributed by atoms with van der Waals surface area (Å²) in [5.74, 6) is 0.262. The molecule has 14 heavy (non-hydrogen) atoms. The minimum Gasteiger partial charge on any atom is -0.396 e. The molecule has 1 atom stereocenters. The maximum Gasteiger partial charge on any atom is 0.0472 e. The van der Waals surface area contributed by atoms with Crippen molar-refractivity contribution in [2.45, 2.75) is 32.1 Å². The van der Waals surface area contributed by atoms with Gasteiger partial charge in [0.1, 0.15) is 0 Å². The highest BCUT2D eigenvalue weighted by atomic mass is 16.3. The van der Waals surface area contributed by atoms with Gasteiger partial charge < -0.3 is 15.1 Å². The molecule has 2 N–H and O–H groups in total. The molecule has 0 radical (unpaired) electrons. The van der Waals surface area contributed by atoms with Gasteiger partial charge in [0.15, 0.2) is 0 Å². The van der Waals surface area contributed by atoms with Crippen LogP contribution in [-0.4, -0.2) is 48.0 Å². The zero-order chi connectivity index (χ0) is 10.2. The molecule has 1 fully saturated rings. The number of aliphatic hydroxyl groups excluding tert-OH is 2. The van der Waals surface area contributed by atoms with Crippen molar-refractivity contribution in [1.29, 1.82) is 0 Å². The van der Waals surface area contributed by atoms with Crippen molar-refractivity contribution in [3.8, 4) is 0 Å². The molecule has 0 amide bonds. The van der Waals surface area contributed by atoms with Gasteiger partial charge in [0.05, 0.1) is 0 Å². The van der Waals surface area contributed by atoms with E-state index in [1.165, 1.54) is 38.8 Å². The van der Waals surface area contributed by atoms with E-state index in [1.807, 2.05) is 0 Å². The number of nitrogens with zero attached hydrogens (tertiary/aromatic N) is 1. The van der Waals surface area contributed by atoms with Gasteiger partial charge in [-0.25, -0.2) is 0 Å². The first kappa shape index (κ1) is 12.0. The van der Waals surface area contributed by atoms with Gasteiger partial charge in [-0.3, -0.25) is 0 Å². The summed E-state index contributed by atoms with van der Waals surface area (Å²) < 4.78 is 0. The predicted octanol–water partition coefficient (Wildman–Crippen LogP) is 0.853. The van der Waals surface area contributed by atoms with Gasteiger partial charge in [0, 0.05) is 19.8 Å². The van der Waals surface area contributed by atoms with Gasteiger partial charge in [0.25, 0.3) is 0 Å². The fourth-order valence-electron chi connectivity index (χ4n) is 2.11. The Kier molecular flexibility index (Phi) is 6.15. The monoisotopic (exact) mass is 201 g/mol. The minimum atomic E-state index is 0.194. The van der Waals surface area contributed by atoms with E-state index in [0.717, 1.165) is 13.0 Å². The van der Waals surface area contributed by atoms with E-state index in [4.69, 9.17) is 10.2 Å². The quantitative estimate of drug-likeness (QED) is 0.693. The van der Waals surface area contributed by atoms with E-state index in [1.54, 1.807) is 0 Å². The van der Waals surface area contributed by atoms with Crippen LogP contribution in [0.1, 0.15) is 32.1 Å². The Bertz CT molecular complexity index is 133. The summed E-state index contributed by atoms with van der Waals surface area (Å²) in [5.41, 5.74) is 0. The SMILES string of the molecule is OCCC(CO)CN1CCCCCC1. The molecule has 3 heteroatoms. The first-order valence-corrected chi connectivity index (χ1v) is 5.81. The van der Waals surface area contributed by atoms with Gasteiger partial charge in [-0.15, -0.1) is 0 Å². The van der Waals surface area contributed by atoms with Crippen LogP contribution in [0.4, 0.5) is 0 Å². The molecule has 0 aromatic heterocycles. The van der Waals surface area contributed by atoms with Crippen molar-refractivity contribution < 1.29 is 10.2 Å². The highest BCUT2D eigenvalue weighted by Crippen LogP contribution is 2.12. The molecule has 1 aliphatic rings. The molecular weight excluding hydrogens is 178 g/mol. The summed E-state index contributed by atoms with van der Waals surface area (Å²) in [7, 11) is 0. The standard InChI is InChI=1S/C11H23NO2/c13-8-5-11(10-14)9-12-6-3-1-2-4-7-12/h11,13-14H,1-10H2. The fourth-order valence-corrected chi connectivity index (χ4v) is 2.11. The van der Waals surface area contributed by atoms with Crippen molar-refractivity contribution in [3.05, 3.63) is 0 Å². The zero-order valence-electron chi connectivity index (χ0n) is 8.99. The smallest absolute Gasteiger partial charge is 0.0472 e. The topological polar surface area (TPSA) is 43.7 Å². The first-order valence-electron chi connectivity index (χ1n) is 5.81. The predicted molar refractivity (Wildman–Crippen MR) is 57.2 cm³/mol. The second-order valence-electron chi connectivity index (χ2n) is 4.28. The number of aliphatic hydroxyl groups is 2. The van der Waals surface area contributed by atoms with E-state index >= 15 is 0 Å². The molecule has 1 saturated heterocycles. The highest BCUT2D eigenvalue weighted by Gasteiger charge is 2.14. The molecule has 0 bridgehead atoms. The van der Waals surface area contributed by atoms with Crippen LogP contribution in [0.3, 0.4) is 0 Å². The van der Waals surface area contributed by atoms with Crippen LogP contribution in [0, 0.1) is 5.92 Å². The van der Waals surface area contributed by atoms with Gasteiger partial charge in [-0.1, -0.05) is 12.8 Å². The molecule has 0 aromatic rings. The molecule has 3 nitrogen and oxygen atoms in total. The molecule has 1 aliphatic heterocycles. The molecule has 1 unspecified atom stereocenters. The fraction of sp³-hybridized carbons (Fsp3) is 1.00. The van der Waals surface area contributed by atoms with Crippen LogP contribution >= 0.6 is 0 Å². The van der Waals surface area contributed by atoms with E-state index < -0.39 is 0 Å². The lowest BCUT2D eigenvalue weighted by Gasteiger charge is -2.24. The summed E-state index contributed by atoms with van der Waals surface area (Å²) in [6, 6.07) is 0. The van der Waals surface area contributed by atoms with Crippen molar-refractivity contribution >= 4 is 0 Å². The maximum atomic E-state index is 9.12. The van der Waals surface area contributed by atoms with E-state index in [2.05, 4.69) is 4.90 Å². The third-order valence-corrected chi connectivity index (χ3v) is 3.01. The Hall–Kier alpha value is -0.120. The molecule has 0 spiro atoms. The molecule has 0 aliphatic carbocycles. The Labute approximate surface area is 86.7 Å². The number of hydrogen-bond acceptors (Lipinski definition) is 3. The van der Waals surface area contributed by atoms with Crippen LogP contribution in [-0.2, 0) is 0 Å². The number of hydrogen-bond donors (Lipinski definition) is 2. The maximum absolute atomic E-state index is 9.12. The second-order valence-corrected chi connectivity index (χ2v) is 4.28. The normalized spacial score (nSPS) is 21.9. The van der Waals surface area contributed by atoms with Crippen LogP contribution in [0.2, 0.25) is 0 Å². The van der Waals surface area contributed by atoms with Crippen molar-refractivity contribution in [3.63, 3.8) is 0 Å². The molecule has 84 valence electrons. The molecule has 0 aromatic carbocycles. The molecular formula is C11H23NO2. The lowest BCUT2D eigenvalue weighted by molar-refractivity contribution is 0.138. The molecule has 1 rings (SSSR count). The third kappa shape index (κ3) is 4.40. The van der Waals surface area contributed by atoms with E-state index in [-0.39, 0.29) is 19.1 Å². The molecule has 0 saturated carbocycles. The first-order chi connectivity index (χ1) is 6.86. The average molecular weight is 201 g/mol. The van der Waals surface area contributed by atoms with Gasteiger partial charge in [-0.2, -0.15) is 0 Å². The van der Waals surface area contributed by atoms with Crippen molar-refractivity contribution in [1.82, 2.24) is 4.90 Å². The number of likely N-dealkylation sites (tertiary alicyclic amines) is 1. The van der Waals surface area contributed by atoms with Crippen LogP contribution in [0.5, 0.6) is 0 Å². The van der Waals surface area contributed by atoms with Gasteiger partial charge in [-0.05, 0) is 38.3 Å². The van der Waals surface area contributed by atoms with E-state index in [9.17, 15) is 0 Å². The largest absolute Gasteiger partial charge is 0.396 e. The summed E-state index contributed by atoms with van der Waals surface area (Å²) in [6.07, 6.45) is 6.00.